The Kier molecular flexibility index (Phi) is 11.1. The van der Waals surface area contributed by atoms with Crippen molar-refractivity contribution in [3.05, 3.63) is 29.8 Å². The number of benzene rings is 1. The first-order valence-corrected chi connectivity index (χ1v) is 8.47. The molecule has 0 aliphatic carbocycles. The number of ether oxygens (including phenoxy) is 1. The highest BCUT2D eigenvalue weighted by Gasteiger charge is 2.27. The maximum absolute atomic E-state index is 12.2. The van der Waals surface area contributed by atoms with Gasteiger partial charge in [-0.15, -0.1) is 12.4 Å². The zero-order valence-corrected chi connectivity index (χ0v) is 16.1. The fourth-order valence-corrected chi connectivity index (χ4v) is 2.27. The van der Waals surface area contributed by atoms with Crippen LogP contribution in [0.4, 0.5) is 5.69 Å². The molecule has 0 heterocycles. The number of amides is 2. The van der Waals surface area contributed by atoms with Crippen molar-refractivity contribution in [2.24, 2.45) is 5.73 Å². The summed E-state index contributed by atoms with van der Waals surface area (Å²) in [6.45, 7) is 7.47. The largest absolute Gasteiger partial charge is 0.382 e. The van der Waals surface area contributed by atoms with E-state index in [0.29, 0.717) is 37.4 Å². The molecule has 4 N–H and O–H groups in total. The van der Waals surface area contributed by atoms with Crippen molar-refractivity contribution in [1.29, 1.82) is 0 Å². The maximum atomic E-state index is 12.2. The number of nitrogens with two attached hydrogens (primary N) is 1. The zero-order valence-electron chi connectivity index (χ0n) is 15.3. The summed E-state index contributed by atoms with van der Waals surface area (Å²) in [6, 6.07) is 6.84. The van der Waals surface area contributed by atoms with Gasteiger partial charge in [0, 0.05) is 31.0 Å². The van der Waals surface area contributed by atoms with Crippen molar-refractivity contribution in [2.75, 3.05) is 25.1 Å². The summed E-state index contributed by atoms with van der Waals surface area (Å²) in [5, 5.41) is 5.61. The first-order valence-electron chi connectivity index (χ1n) is 8.47. The number of hydrogen-bond donors (Lipinski definition) is 3. The van der Waals surface area contributed by atoms with Crippen molar-refractivity contribution in [2.45, 2.75) is 45.6 Å². The molecule has 6 nitrogen and oxygen atoms in total. The third-order valence-corrected chi connectivity index (χ3v) is 3.63. The minimum absolute atomic E-state index is 0. The van der Waals surface area contributed by atoms with Crippen molar-refractivity contribution in [3.63, 3.8) is 0 Å². The summed E-state index contributed by atoms with van der Waals surface area (Å²) in [5.74, 6) is -0.426. The average Bonchev–Trinajstić information content (AvgIpc) is 2.54. The highest BCUT2D eigenvalue weighted by molar-refractivity contribution is 6.00. The van der Waals surface area contributed by atoms with E-state index in [-0.39, 0.29) is 24.2 Å². The number of rotatable bonds is 10. The van der Waals surface area contributed by atoms with Gasteiger partial charge in [-0.05, 0) is 44.9 Å². The van der Waals surface area contributed by atoms with Gasteiger partial charge in [-0.2, -0.15) is 0 Å². The van der Waals surface area contributed by atoms with Crippen LogP contribution in [0, 0.1) is 0 Å². The second-order valence-corrected chi connectivity index (χ2v) is 6.01. The van der Waals surface area contributed by atoms with Gasteiger partial charge in [0.1, 0.15) is 0 Å². The maximum Gasteiger partial charge on any atom is 0.251 e. The van der Waals surface area contributed by atoms with Gasteiger partial charge in [0.2, 0.25) is 5.91 Å². The molecule has 0 saturated heterocycles. The number of hydrogen-bond acceptors (Lipinski definition) is 4. The van der Waals surface area contributed by atoms with Gasteiger partial charge in [0.05, 0.1) is 5.54 Å². The van der Waals surface area contributed by atoms with Crippen LogP contribution < -0.4 is 16.4 Å². The Balaban J connectivity index is 0.00000576. The molecule has 7 heteroatoms. The first kappa shape index (κ1) is 23.4. The van der Waals surface area contributed by atoms with Crippen LogP contribution in [0.1, 0.15) is 50.4 Å². The van der Waals surface area contributed by atoms with E-state index in [2.05, 4.69) is 10.6 Å². The van der Waals surface area contributed by atoms with Crippen LogP contribution in [0.15, 0.2) is 24.3 Å². The van der Waals surface area contributed by atoms with Gasteiger partial charge in [0.15, 0.2) is 0 Å². The Morgan fingerprint density at radius 2 is 2.00 bits per heavy atom. The van der Waals surface area contributed by atoms with Crippen LogP contribution in [-0.4, -0.2) is 37.1 Å². The van der Waals surface area contributed by atoms with E-state index in [1.165, 1.54) is 0 Å². The molecule has 0 aliphatic heterocycles. The van der Waals surface area contributed by atoms with E-state index in [9.17, 15) is 9.59 Å². The molecule has 0 spiro atoms. The Labute approximate surface area is 156 Å². The van der Waals surface area contributed by atoms with E-state index in [1.807, 2.05) is 13.8 Å². The average molecular weight is 372 g/mol. The summed E-state index contributed by atoms with van der Waals surface area (Å²) >= 11 is 0. The predicted octanol–water partition coefficient (Wildman–Crippen LogP) is 2.72. The molecule has 0 aromatic heterocycles. The highest BCUT2D eigenvalue weighted by atomic mass is 35.5. The minimum atomic E-state index is -0.924. The molecular formula is C18H30ClN3O3. The minimum Gasteiger partial charge on any atom is -0.382 e. The molecule has 1 aromatic rings. The lowest BCUT2D eigenvalue weighted by atomic mass is 9.96. The molecule has 1 aromatic carbocycles. The Hall–Kier alpha value is -1.63. The molecular weight excluding hydrogens is 342 g/mol. The fourth-order valence-electron chi connectivity index (χ4n) is 2.27. The normalized spacial score (nSPS) is 12.6. The van der Waals surface area contributed by atoms with Gasteiger partial charge in [-0.25, -0.2) is 0 Å². The summed E-state index contributed by atoms with van der Waals surface area (Å²) < 4.78 is 5.22. The van der Waals surface area contributed by atoms with Crippen LogP contribution in [0.25, 0.3) is 0 Å². The molecule has 2 amide bonds. The lowest BCUT2D eigenvalue weighted by molar-refractivity contribution is -0.120. The number of carbonyl (C=O) groups is 2. The van der Waals surface area contributed by atoms with Crippen molar-refractivity contribution in [1.82, 2.24) is 5.32 Å². The highest BCUT2D eigenvalue weighted by Crippen LogP contribution is 2.15. The van der Waals surface area contributed by atoms with Crippen LogP contribution in [0.3, 0.4) is 0 Å². The van der Waals surface area contributed by atoms with Gasteiger partial charge >= 0.3 is 0 Å². The molecule has 1 atom stereocenters. The zero-order chi connectivity index (χ0) is 18.0. The molecule has 0 fully saturated rings. The van der Waals surface area contributed by atoms with Crippen LogP contribution in [0.5, 0.6) is 0 Å². The summed E-state index contributed by atoms with van der Waals surface area (Å²) in [7, 11) is 0. The van der Waals surface area contributed by atoms with Gasteiger partial charge in [0.25, 0.3) is 5.91 Å². The number of carbonyl (C=O) groups excluding carboxylic acids is 2. The molecule has 1 rings (SSSR count). The monoisotopic (exact) mass is 371 g/mol. The summed E-state index contributed by atoms with van der Waals surface area (Å²) in [5.41, 5.74) is 6.16. The first-order chi connectivity index (χ1) is 11.4. The van der Waals surface area contributed by atoms with E-state index < -0.39 is 5.54 Å². The third-order valence-electron chi connectivity index (χ3n) is 3.63. The van der Waals surface area contributed by atoms with Gasteiger partial charge in [-0.3, -0.25) is 9.59 Å². The lowest BCUT2D eigenvalue weighted by Crippen LogP contribution is -2.48. The van der Waals surface area contributed by atoms with E-state index >= 15 is 0 Å². The molecule has 0 bridgehead atoms. The van der Waals surface area contributed by atoms with Crippen molar-refractivity contribution >= 4 is 29.9 Å². The van der Waals surface area contributed by atoms with Crippen LogP contribution in [0.2, 0.25) is 0 Å². The number of anilines is 1. The quantitative estimate of drug-likeness (QED) is 0.551. The van der Waals surface area contributed by atoms with Gasteiger partial charge < -0.3 is 21.1 Å². The lowest BCUT2D eigenvalue weighted by Gasteiger charge is -2.23. The standard InChI is InChI=1S/C18H29N3O3.ClH/c1-4-10-18(3,19)17(23)21-15-9-6-8-14(13-15)16(22)20-11-7-12-24-5-2;/h6,8-9,13H,4-5,7,10-12,19H2,1-3H3,(H,20,22)(H,21,23);1H. The van der Waals surface area contributed by atoms with Gasteiger partial charge in [-0.1, -0.05) is 19.4 Å². The summed E-state index contributed by atoms with van der Waals surface area (Å²) in [6.07, 6.45) is 2.18. The molecule has 1 unspecified atom stereocenters. The number of halogens is 1. The van der Waals surface area contributed by atoms with Crippen LogP contribution in [-0.2, 0) is 9.53 Å². The smallest absolute Gasteiger partial charge is 0.251 e. The summed E-state index contributed by atoms with van der Waals surface area (Å²) in [4.78, 5) is 24.4. The molecule has 25 heavy (non-hydrogen) atoms. The van der Waals surface area contributed by atoms with Crippen molar-refractivity contribution < 1.29 is 14.3 Å². The van der Waals surface area contributed by atoms with E-state index in [4.69, 9.17) is 10.5 Å². The van der Waals surface area contributed by atoms with E-state index in [1.54, 1.807) is 31.2 Å². The number of nitrogens with one attached hydrogen (secondary N) is 2. The molecule has 0 radical (unpaired) electrons. The fraction of sp³-hybridized carbons (Fsp3) is 0.556. The second kappa shape index (κ2) is 11.8. The van der Waals surface area contributed by atoms with E-state index in [0.717, 1.165) is 12.8 Å². The molecule has 142 valence electrons. The molecule has 0 saturated carbocycles. The second-order valence-electron chi connectivity index (χ2n) is 6.01. The Morgan fingerprint density at radius 1 is 1.28 bits per heavy atom. The third kappa shape index (κ3) is 8.34. The Bertz CT molecular complexity index is 550. The SMILES string of the molecule is CCCC(C)(N)C(=O)Nc1cccc(C(=O)NCCCOCC)c1.Cl. The Morgan fingerprint density at radius 3 is 2.64 bits per heavy atom. The van der Waals surface area contributed by atoms with Crippen LogP contribution >= 0.6 is 12.4 Å². The predicted molar refractivity (Wildman–Crippen MR) is 103 cm³/mol. The topological polar surface area (TPSA) is 93.5 Å². The molecule has 0 aliphatic rings. The van der Waals surface area contributed by atoms with Crippen molar-refractivity contribution in [3.8, 4) is 0 Å².